The molecule has 2 aliphatic rings. The highest BCUT2D eigenvalue weighted by molar-refractivity contribution is 7.60. The molecule has 2 heterocycles. The summed E-state index contributed by atoms with van der Waals surface area (Å²) >= 11 is 0. The van der Waals surface area contributed by atoms with Gasteiger partial charge in [-0.3, -0.25) is 28.0 Å². The minimum Gasteiger partial charge on any atom is -0.480 e. The number of aryl methyl sites for hydroxylation is 2. The van der Waals surface area contributed by atoms with Gasteiger partial charge < -0.3 is 39.1 Å². The van der Waals surface area contributed by atoms with Crippen LogP contribution in [-0.4, -0.2) is 137 Å². The highest BCUT2D eigenvalue weighted by Gasteiger charge is 2.43. The molecule has 2 amide bonds. The smallest absolute Gasteiger partial charge is 0.326 e. The van der Waals surface area contributed by atoms with Crippen LogP contribution in [0.3, 0.4) is 0 Å². The number of methoxy groups -OCH3 is 2. The number of hydrogen-bond acceptors (Lipinski definition) is 11. The van der Waals surface area contributed by atoms with Crippen LogP contribution in [0.25, 0.3) is 0 Å². The lowest BCUT2D eigenvalue weighted by Gasteiger charge is -2.29. The molecule has 340 valence electrons. The van der Waals surface area contributed by atoms with Crippen LogP contribution in [0.5, 0.6) is 0 Å². The van der Waals surface area contributed by atoms with Crippen molar-refractivity contribution in [2.45, 2.75) is 109 Å². The van der Waals surface area contributed by atoms with Crippen molar-refractivity contribution in [1.82, 2.24) is 9.80 Å². The molecule has 4 rings (SSSR count). The molecule has 18 heteroatoms. The fourth-order valence-electron chi connectivity index (χ4n) is 7.14. The number of esters is 1. The Morgan fingerprint density at radius 3 is 1.56 bits per heavy atom. The van der Waals surface area contributed by atoms with Crippen molar-refractivity contribution in [2.75, 3.05) is 52.0 Å². The van der Waals surface area contributed by atoms with E-state index in [0.717, 1.165) is 36.1 Å². The standard InChI is InChI=1S/C25H38NO8P.C18H26NO6P/c1-5-23(28)33-25(18(2)3)34-35(31,14-10-9-13-19-11-7-6-8-12-19)17-22(27)26-16-20(32-4)15-21(26)24(29)30;1-25-15-11-16(18(21)22)19(12-15)17(20)13-26(23,24)10-6-5-9-14-7-3-2-4-8-14/h6-8,11-12,18,20-21,25H,5,9-10,13-17H2,1-4H3,(H,29,30);2-4,7-8,15-16H,5-6,9-13H2,1H3,(H,21,22)(H,23,24)/t20-,21+,25-,35?;15-,16+/m11/s1. The van der Waals surface area contributed by atoms with Crippen LogP contribution in [0.15, 0.2) is 60.7 Å². The summed E-state index contributed by atoms with van der Waals surface area (Å²) in [6.45, 7) is 5.45. The number of carbonyl (C=O) groups excluding carboxylic acids is 3. The Balaban J connectivity index is 0.000000340. The molecule has 3 N–H and O–H groups in total. The second-order valence-electron chi connectivity index (χ2n) is 15.9. The SMILES string of the molecule is CCC(=O)O[C@H](OP(=O)(CCCCc1ccccc1)CC(=O)N1C[C@H](OC)C[C@H]1C(=O)O)C(C)C.CO[C@@H]1C[C@@H](C(=O)O)N(C(=O)CP(=O)(O)CCCCc2ccccc2)C1. The Labute approximate surface area is 359 Å². The van der Waals surface area contributed by atoms with Crippen molar-refractivity contribution >= 4 is 44.5 Å². The lowest BCUT2D eigenvalue weighted by molar-refractivity contribution is -0.169. The maximum atomic E-state index is 14.0. The van der Waals surface area contributed by atoms with Gasteiger partial charge in [-0.15, -0.1) is 0 Å². The first-order valence-corrected chi connectivity index (χ1v) is 24.9. The molecule has 0 saturated carbocycles. The van der Waals surface area contributed by atoms with Crippen molar-refractivity contribution in [3.63, 3.8) is 0 Å². The van der Waals surface area contributed by atoms with Crippen LogP contribution < -0.4 is 0 Å². The summed E-state index contributed by atoms with van der Waals surface area (Å²) in [6.07, 6.45) is 2.08. The van der Waals surface area contributed by atoms with E-state index in [1.807, 2.05) is 60.7 Å². The molecule has 2 aromatic carbocycles. The number of carbonyl (C=O) groups is 5. The van der Waals surface area contributed by atoms with E-state index in [-0.39, 0.29) is 56.7 Å². The van der Waals surface area contributed by atoms with Crippen molar-refractivity contribution in [1.29, 1.82) is 0 Å². The van der Waals surface area contributed by atoms with E-state index in [0.29, 0.717) is 12.8 Å². The Kier molecular flexibility index (Phi) is 21.3. The Bertz CT molecular complexity index is 1810. The highest BCUT2D eigenvalue weighted by atomic mass is 31.2. The van der Waals surface area contributed by atoms with E-state index >= 15 is 0 Å². The number of carboxylic acid groups (broad SMARTS) is 2. The van der Waals surface area contributed by atoms with E-state index in [4.69, 9.17) is 18.7 Å². The Hall–Kier alpha value is -3.91. The van der Waals surface area contributed by atoms with Crippen molar-refractivity contribution in [2.24, 2.45) is 5.92 Å². The van der Waals surface area contributed by atoms with Gasteiger partial charge in [0.1, 0.15) is 24.4 Å². The number of amides is 2. The molecule has 2 unspecified atom stereocenters. The molecule has 16 nitrogen and oxygen atoms in total. The van der Waals surface area contributed by atoms with Gasteiger partial charge in [-0.05, 0) is 49.7 Å². The van der Waals surface area contributed by atoms with E-state index in [1.54, 1.807) is 20.8 Å². The van der Waals surface area contributed by atoms with Crippen LogP contribution in [0.4, 0.5) is 0 Å². The minimum absolute atomic E-state index is 0.0604. The third kappa shape index (κ3) is 17.4. The van der Waals surface area contributed by atoms with Crippen LogP contribution in [0.2, 0.25) is 0 Å². The molecule has 0 spiro atoms. The van der Waals surface area contributed by atoms with Crippen molar-refractivity contribution < 1.29 is 66.9 Å². The lowest BCUT2D eigenvalue weighted by Crippen LogP contribution is -2.42. The van der Waals surface area contributed by atoms with Gasteiger partial charge in [0.25, 0.3) is 0 Å². The molecule has 7 atom stereocenters. The number of unbranched alkanes of at least 4 members (excludes halogenated alkanes) is 2. The number of rotatable bonds is 23. The van der Waals surface area contributed by atoms with Crippen LogP contribution in [0.1, 0.15) is 76.8 Å². The van der Waals surface area contributed by atoms with Gasteiger partial charge in [0.15, 0.2) is 0 Å². The lowest BCUT2D eigenvalue weighted by atomic mass is 10.1. The van der Waals surface area contributed by atoms with Gasteiger partial charge in [-0.25, -0.2) is 9.59 Å². The minimum atomic E-state index is -3.63. The third-order valence-corrected chi connectivity index (χ3v) is 14.8. The molecule has 0 radical (unpaired) electrons. The molecular formula is C43H64N2O14P2. The van der Waals surface area contributed by atoms with E-state index in [9.17, 15) is 48.2 Å². The number of nitrogens with zero attached hydrogens (tertiary/aromatic N) is 2. The maximum Gasteiger partial charge on any atom is 0.326 e. The van der Waals surface area contributed by atoms with Gasteiger partial charge in [0.05, 0.1) is 12.2 Å². The summed E-state index contributed by atoms with van der Waals surface area (Å²) < 4.78 is 48.0. The van der Waals surface area contributed by atoms with Gasteiger partial charge >= 0.3 is 17.9 Å². The van der Waals surface area contributed by atoms with Gasteiger partial charge in [0.2, 0.25) is 32.8 Å². The monoisotopic (exact) mass is 894 g/mol. The zero-order valence-corrected chi connectivity index (χ0v) is 37.8. The molecule has 0 aromatic heterocycles. The van der Waals surface area contributed by atoms with E-state index in [2.05, 4.69) is 0 Å². The number of hydrogen-bond donors (Lipinski definition) is 3. The zero-order chi connectivity index (χ0) is 45.2. The molecule has 0 bridgehead atoms. The molecule has 2 fully saturated rings. The number of ether oxygens (including phenoxy) is 3. The summed E-state index contributed by atoms with van der Waals surface area (Å²) in [5, 5.41) is 18.8. The normalized spacial score (nSPS) is 21.2. The number of aliphatic carboxylic acids is 2. The second kappa shape index (κ2) is 25.3. The summed E-state index contributed by atoms with van der Waals surface area (Å²) in [4.78, 5) is 72.9. The number of benzene rings is 2. The quantitative estimate of drug-likeness (QED) is 0.0510. The van der Waals surface area contributed by atoms with Crippen molar-refractivity contribution in [3.05, 3.63) is 71.8 Å². The molecular weight excluding hydrogens is 830 g/mol. The predicted molar refractivity (Wildman–Crippen MR) is 229 cm³/mol. The fraction of sp³-hybridized carbons (Fsp3) is 0.605. The fourth-order valence-corrected chi connectivity index (χ4v) is 10.9. The van der Waals surface area contributed by atoms with Gasteiger partial charge in [-0.1, -0.05) is 81.4 Å². The highest BCUT2D eigenvalue weighted by Crippen LogP contribution is 2.50. The third-order valence-electron chi connectivity index (χ3n) is 10.7. The van der Waals surface area contributed by atoms with Crippen LogP contribution >= 0.6 is 14.7 Å². The first-order chi connectivity index (χ1) is 28.9. The summed E-state index contributed by atoms with van der Waals surface area (Å²) in [5.41, 5.74) is 2.33. The second-order valence-corrected chi connectivity index (χ2v) is 20.9. The van der Waals surface area contributed by atoms with Crippen LogP contribution in [0, 0.1) is 5.92 Å². The first kappa shape index (κ1) is 51.4. The van der Waals surface area contributed by atoms with E-state index < -0.39 is 81.3 Å². The number of carboxylic acids is 2. The summed E-state index contributed by atoms with van der Waals surface area (Å²) in [6, 6.07) is 17.7. The predicted octanol–water partition coefficient (Wildman–Crippen LogP) is 5.92. The molecule has 2 aromatic rings. The molecule has 61 heavy (non-hydrogen) atoms. The van der Waals surface area contributed by atoms with Gasteiger partial charge in [-0.2, -0.15) is 0 Å². The molecule has 2 saturated heterocycles. The van der Waals surface area contributed by atoms with Crippen molar-refractivity contribution in [3.8, 4) is 0 Å². The topological polar surface area (TPSA) is 224 Å². The average molecular weight is 895 g/mol. The molecule has 2 aliphatic heterocycles. The zero-order valence-electron chi connectivity index (χ0n) is 36.0. The van der Waals surface area contributed by atoms with E-state index in [1.165, 1.54) is 24.7 Å². The summed E-state index contributed by atoms with van der Waals surface area (Å²) in [7, 11) is -4.32. The van der Waals surface area contributed by atoms with Gasteiger partial charge in [0, 0.05) is 64.8 Å². The molecule has 0 aliphatic carbocycles. The average Bonchev–Trinajstić information content (AvgIpc) is 3.88. The summed E-state index contributed by atoms with van der Waals surface area (Å²) in [5.74, 6) is -4.17. The Morgan fingerprint density at radius 1 is 0.705 bits per heavy atom. The largest absolute Gasteiger partial charge is 0.480 e. The first-order valence-electron chi connectivity index (χ1n) is 20.9. The Morgan fingerprint density at radius 2 is 1.15 bits per heavy atom. The maximum absolute atomic E-state index is 14.0. The van der Waals surface area contributed by atoms with Crippen LogP contribution in [-0.2, 0) is 64.7 Å². The number of likely N-dealkylation sites (tertiary alicyclic amines) is 2.